The number of benzene rings is 1. The van der Waals surface area contributed by atoms with E-state index in [0.29, 0.717) is 6.42 Å². The zero-order valence-corrected chi connectivity index (χ0v) is 14.3. The van der Waals surface area contributed by atoms with Crippen molar-refractivity contribution in [2.75, 3.05) is 10.8 Å². The van der Waals surface area contributed by atoms with E-state index in [4.69, 9.17) is 11.6 Å². The second kappa shape index (κ2) is 7.57. The van der Waals surface area contributed by atoms with Crippen LogP contribution in [0.2, 0.25) is 0 Å². The highest BCUT2D eigenvalue weighted by atomic mass is 35.5. The molecule has 9 heteroatoms. The second-order valence-corrected chi connectivity index (χ2v) is 6.18. The molecule has 4 nitrogen and oxygen atoms in total. The van der Waals surface area contributed by atoms with Crippen LogP contribution in [0.5, 0.6) is 0 Å². The molecule has 1 amide bonds. The Balaban J connectivity index is 2.01. The largest absolute Gasteiger partial charge is 0.275 e. The summed E-state index contributed by atoms with van der Waals surface area (Å²) in [7, 11) is 0. The Kier molecular flexibility index (Phi) is 5.41. The molecular formula is C17H14ClF4N3O. The highest BCUT2D eigenvalue weighted by molar-refractivity contribution is 6.29. The average Bonchev–Trinajstić information content (AvgIpc) is 2.65. The van der Waals surface area contributed by atoms with E-state index in [2.05, 4.69) is 9.97 Å². The molecule has 138 valence electrons. The molecule has 3 rings (SSSR count). The molecule has 0 spiro atoms. The summed E-state index contributed by atoms with van der Waals surface area (Å²) in [5, 5.41) is 0. The van der Waals surface area contributed by atoms with Gasteiger partial charge < -0.3 is 0 Å². The van der Waals surface area contributed by atoms with E-state index in [0.717, 1.165) is 35.4 Å². The molecule has 0 atom stereocenters. The van der Waals surface area contributed by atoms with Crippen molar-refractivity contribution >= 4 is 23.5 Å². The summed E-state index contributed by atoms with van der Waals surface area (Å²) in [6.07, 6.45) is 5.00. The van der Waals surface area contributed by atoms with Crippen LogP contribution in [0.1, 0.15) is 29.7 Å². The lowest BCUT2D eigenvalue weighted by atomic mass is 9.98. The normalized spacial score (nSPS) is 13.4. The van der Waals surface area contributed by atoms with E-state index < -0.39 is 47.2 Å². The smallest absolute Gasteiger partial charge is 0.244 e. The van der Waals surface area contributed by atoms with Gasteiger partial charge in [0.2, 0.25) is 11.9 Å². The van der Waals surface area contributed by atoms with Crippen molar-refractivity contribution in [2.45, 2.75) is 32.2 Å². The summed E-state index contributed by atoms with van der Waals surface area (Å²) < 4.78 is 54.5. The highest BCUT2D eigenvalue weighted by Crippen LogP contribution is 2.25. The molecule has 0 bridgehead atoms. The molecule has 0 fully saturated rings. The Morgan fingerprint density at radius 2 is 1.85 bits per heavy atom. The summed E-state index contributed by atoms with van der Waals surface area (Å²) >= 11 is 5.57. The fourth-order valence-corrected chi connectivity index (χ4v) is 2.99. The quantitative estimate of drug-likeness (QED) is 0.348. The Labute approximate surface area is 151 Å². The molecule has 0 saturated heterocycles. The number of carbonyl (C=O) groups excluding carboxylic acids is 1. The van der Waals surface area contributed by atoms with Gasteiger partial charge in [0.15, 0.2) is 17.5 Å². The second-order valence-electron chi connectivity index (χ2n) is 5.91. The summed E-state index contributed by atoms with van der Waals surface area (Å²) in [5.41, 5.74) is 0.895. The van der Waals surface area contributed by atoms with Gasteiger partial charge in [-0.25, -0.2) is 27.5 Å². The predicted octanol–water partition coefficient (Wildman–Crippen LogP) is 3.68. The Morgan fingerprint density at radius 3 is 2.58 bits per heavy atom. The van der Waals surface area contributed by atoms with Crippen molar-refractivity contribution in [2.24, 2.45) is 0 Å². The van der Waals surface area contributed by atoms with Gasteiger partial charge in [-0.15, -0.1) is 11.6 Å². The fourth-order valence-electron chi connectivity index (χ4n) is 2.84. The number of amides is 1. The number of aryl methyl sites for hydroxylation is 2. The molecule has 2 aromatic rings. The van der Waals surface area contributed by atoms with E-state index in [9.17, 15) is 22.4 Å². The van der Waals surface area contributed by atoms with Gasteiger partial charge in [-0.3, -0.25) is 9.69 Å². The van der Waals surface area contributed by atoms with Gasteiger partial charge in [0, 0.05) is 23.5 Å². The summed E-state index contributed by atoms with van der Waals surface area (Å²) in [6.45, 7) is -0.709. The number of alkyl halides is 1. The van der Waals surface area contributed by atoms with Crippen LogP contribution in [0.25, 0.3) is 0 Å². The van der Waals surface area contributed by atoms with Crippen LogP contribution in [-0.4, -0.2) is 21.8 Å². The maximum atomic E-state index is 14.0. The first-order valence-electron chi connectivity index (χ1n) is 7.95. The van der Waals surface area contributed by atoms with E-state index in [1.54, 1.807) is 6.20 Å². The van der Waals surface area contributed by atoms with Crippen LogP contribution in [-0.2, 0) is 24.2 Å². The third-order valence-electron chi connectivity index (χ3n) is 4.23. The first-order valence-corrected chi connectivity index (χ1v) is 8.48. The van der Waals surface area contributed by atoms with Gasteiger partial charge in [0.05, 0.1) is 6.54 Å². The lowest BCUT2D eigenvalue weighted by molar-refractivity contribution is -0.116. The Hall–Kier alpha value is -2.22. The third kappa shape index (κ3) is 3.51. The molecule has 1 aliphatic carbocycles. The number of hydrogen-bond acceptors (Lipinski definition) is 3. The number of anilines is 1. The zero-order valence-electron chi connectivity index (χ0n) is 13.5. The number of aromatic nitrogens is 2. The molecule has 1 heterocycles. The number of fused-ring (bicyclic) bond motifs is 1. The molecule has 0 aliphatic heterocycles. The minimum Gasteiger partial charge on any atom is -0.275 e. The van der Waals surface area contributed by atoms with Crippen molar-refractivity contribution in [1.82, 2.24) is 9.97 Å². The molecular weight excluding hydrogens is 374 g/mol. The van der Waals surface area contributed by atoms with Gasteiger partial charge in [-0.1, -0.05) is 0 Å². The molecule has 26 heavy (non-hydrogen) atoms. The number of hydrogen-bond donors (Lipinski definition) is 0. The van der Waals surface area contributed by atoms with E-state index in [1.807, 2.05) is 0 Å². The van der Waals surface area contributed by atoms with Gasteiger partial charge in [-0.2, -0.15) is 0 Å². The molecule has 0 N–H and O–H groups in total. The number of nitrogens with zero attached hydrogens (tertiary/aromatic N) is 3. The number of halogens is 5. The first kappa shape index (κ1) is 18.6. The van der Waals surface area contributed by atoms with Crippen LogP contribution >= 0.6 is 11.6 Å². The maximum Gasteiger partial charge on any atom is 0.244 e. The average molecular weight is 388 g/mol. The lowest BCUT2D eigenvalue weighted by Gasteiger charge is -2.23. The van der Waals surface area contributed by atoms with E-state index in [-0.39, 0.29) is 12.0 Å². The SMILES string of the molecule is O=C(CCl)N(Cc1c(F)cc(F)c(F)c1F)c1ncc2c(n1)CCCC2. The van der Waals surface area contributed by atoms with Crippen LogP contribution in [0, 0.1) is 23.3 Å². The first-order chi connectivity index (χ1) is 12.4. The van der Waals surface area contributed by atoms with Crippen molar-refractivity contribution in [3.63, 3.8) is 0 Å². The van der Waals surface area contributed by atoms with Crippen molar-refractivity contribution in [3.8, 4) is 0 Å². The number of carbonyl (C=O) groups is 1. The molecule has 1 aromatic carbocycles. The lowest BCUT2D eigenvalue weighted by Crippen LogP contribution is -2.34. The summed E-state index contributed by atoms with van der Waals surface area (Å²) in [6, 6.07) is 0.227. The molecule has 1 aliphatic rings. The van der Waals surface area contributed by atoms with E-state index in [1.165, 1.54) is 0 Å². The van der Waals surface area contributed by atoms with Gasteiger partial charge >= 0.3 is 0 Å². The van der Waals surface area contributed by atoms with Gasteiger partial charge in [0.25, 0.3) is 0 Å². The van der Waals surface area contributed by atoms with Crippen molar-refractivity contribution in [3.05, 3.63) is 52.4 Å². The van der Waals surface area contributed by atoms with Crippen LogP contribution in [0.15, 0.2) is 12.3 Å². The molecule has 0 saturated carbocycles. The molecule has 1 aromatic heterocycles. The predicted molar refractivity (Wildman–Crippen MR) is 86.9 cm³/mol. The molecule has 0 radical (unpaired) electrons. The Bertz CT molecular complexity index is 862. The topological polar surface area (TPSA) is 46.1 Å². The van der Waals surface area contributed by atoms with Crippen molar-refractivity contribution in [1.29, 1.82) is 0 Å². The maximum absolute atomic E-state index is 14.0. The van der Waals surface area contributed by atoms with Crippen LogP contribution in [0.4, 0.5) is 23.5 Å². The zero-order chi connectivity index (χ0) is 18.8. The highest BCUT2D eigenvalue weighted by Gasteiger charge is 2.26. The van der Waals surface area contributed by atoms with Gasteiger partial charge in [0.1, 0.15) is 11.7 Å². The van der Waals surface area contributed by atoms with Crippen LogP contribution < -0.4 is 4.90 Å². The van der Waals surface area contributed by atoms with Crippen molar-refractivity contribution < 1.29 is 22.4 Å². The fraction of sp³-hybridized carbons (Fsp3) is 0.353. The standard InChI is InChI=1S/C17H14ClF4N3O/c18-6-14(26)25(8-10-11(19)5-12(20)16(22)15(10)21)17-23-7-9-3-1-2-4-13(9)24-17/h5,7H,1-4,6,8H2. The third-order valence-corrected chi connectivity index (χ3v) is 4.46. The number of rotatable bonds is 4. The van der Waals surface area contributed by atoms with Crippen LogP contribution in [0.3, 0.4) is 0 Å². The monoisotopic (exact) mass is 387 g/mol. The minimum absolute atomic E-state index is 0.0835. The van der Waals surface area contributed by atoms with Gasteiger partial charge in [-0.05, 0) is 31.2 Å². The molecule has 0 unspecified atom stereocenters. The van der Waals surface area contributed by atoms with E-state index >= 15 is 0 Å². The Morgan fingerprint density at radius 1 is 1.12 bits per heavy atom. The summed E-state index contributed by atoms with van der Waals surface area (Å²) in [5.74, 6) is -7.77. The summed E-state index contributed by atoms with van der Waals surface area (Å²) in [4.78, 5) is 21.4. The minimum atomic E-state index is -1.81.